The molecule has 3 amide bonds. The topological polar surface area (TPSA) is 84.5 Å². The maximum Gasteiger partial charge on any atom is 0.286 e. The first-order chi connectivity index (χ1) is 12.6. The number of ether oxygens (including phenoxy) is 1. The van der Waals surface area contributed by atoms with Gasteiger partial charge in [-0.3, -0.25) is 19.7 Å². The van der Waals surface area contributed by atoms with E-state index in [0.717, 1.165) is 17.3 Å². The Morgan fingerprint density at radius 2 is 1.85 bits per heavy atom. The van der Waals surface area contributed by atoms with Gasteiger partial charge in [-0.15, -0.1) is 0 Å². The highest BCUT2D eigenvalue weighted by Crippen LogP contribution is 2.25. The summed E-state index contributed by atoms with van der Waals surface area (Å²) >= 11 is 0.903. The first-order valence-electron chi connectivity index (χ1n) is 8.08. The monoisotopic (exact) mass is 370 g/mol. The SMILES string of the molecule is COc1ccccc1C(=O)NC(Cc1ccccc1)C1SC(=O)NC1=O. The number of thioether (sulfide) groups is 1. The molecule has 0 bridgehead atoms. The highest BCUT2D eigenvalue weighted by atomic mass is 32.2. The van der Waals surface area contributed by atoms with Gasteiger partial charge in [-0.25, -0.2) is 0 Å². The number of hydrogen-bond acceptors (Lipinski definition) is 5. The maximum absolute atomic E-state index is 12.8. The zero-order valence-corrected chi connectivity index (χ0v) is 14.9. The molecule has 1 aliphatic heterocycles. The number of carbonyl (C=O) groups excluding carboxylic acids is 3. The van der Waals surface area contributed by atoms with E-state index in [1.165, 1.54) is 7.11 Å². The second-order valence-corrected chi connectivity index (χ2v) is 6.90. The predicted molar refractivity (Wildman–Crippen MR) is 99.3 cm³/mol. The normalized spacial score (nSPS) is 17.5. The molecule has 1 heterocycles. The molecule has 7 heteroatoms. The minimum absolute atomic E-state index is 0.351. The lowest BCUT2D eigenvalue weighted by Crippen LogP contribution is -2.47. The van der Waals surface area contributed by atoms with Crippen LogP contribution in [0.1, 0.15) is 15.9 Å². The number of benzene rings is 2. The Morgan fingerprint density at radius 3 is 2.50 bits per heavy atom. The third kappa shape index (κ3) is 4.05. The number of rotatable bonds is 6. The Balaban J connectivity index is 1.84. The zero-order valence-electron chi connectivity index (χ0n) is 14.1. The Bertz CT molecular complexity index is 825. The van der Waals surface area contributed by atoms with Crippen molar-refractivity contribution >= 4 is 28.8 Å². The number of carbonyl (C=O) groups is 3. The summed E-state index contributed by atoms with van der Waals surface area (Å²) in [7, 11) is 1.49. The van der Waals surface area contributed by atoms with Crippen LogP contribution in [0.15, 0.2) is 54.6 Å². The predicted octanol–water partition coefficient (Wildman–Crippen LogP) is 2.39. The van der Waals surface area contributed by atoms with Crippen LogP contribution in [0.4, 0.5) is 4.79 Å². The Morgan fingerprint density at radius 1 is 1.15 bits per heavy atom. The highest BCUT2D eigenvalue weighted by molar-refractivity contribution is 8.15. The minimum atomic E-state index is -0.679. The first-order valence-corrected chi connectivity index (χ1v) is 8.95. The van der Waals surface area contributed by atoms with Crippen molar-refractivity contribution in [2.75, 3.05) is 7.11 Å². The smallest absolute Gasteiger partial charge is 0.286 e. The Hall–Kier alpha value is -2.80. The van der Waals surface area contributed by atoms with Gasteiger partial charge in [0.05, 0.1) is 18.7 Å². The fourth-order valence-electron chi connectivity index (χ4n) is 2.82. The van der Waals surface area contributed by atoms with Crippen LogP contribution in [0.2, 0.25) is 0 Å². The summed E-state index contributed by atoms with van der Waals surface area (Å²) in [6.45, 7) is 0. The average Bonchev–Trinajstić information content (AvgIpc) is 3.00. The van der Waals surface area contributed by atoms with Gasteiger partial charge in [-0.05, 0) is 35.9 Å². The van der Waals surface area contributed by atoms with E-state index in [0.29, 0.717) is 17.7 Å². The van der Waals surface area contributed by atoms with Crippen LogP contribution in [0.25, 0.3) is 0 Å². The van der Waals surface area contributed by atoms with Crippen molar-refractivity contribution in [3.8, 4) is 5.75 Å². The molecule has 0 saturated carbocycles. The molecule has 134 valence electrons. The van der Waals surface area contributed by atoms with Crippen molar-refractivity contribution in [1.82, 2.24) is 10.6 Å². The molecular weight excluding hydrogens is 352 g/mol. The highest BCUT2D eigenvalue weighted by Gasteiger charge is 2.39. The Labute approximate surface area is 155 Å². The summed E-state index contributed by atoms with van der Waals surface area (Å²) in [6, 6.07) is 15.8. The van der Waals surface area contributed by atoms with Crippen LogP contribution in [-0.4, -0.2) is 35.5 Å². The van der Waals surface area contributed by atoms with Crippen molar-refractivity contribution in [2.24, 2.45) is 0 Å². The van der Waals surface area contributed by atoms with Gasteiger partial charge in [0.1, 0.15) is 11.0 Å². The number of para-hydroxylation sites is 1. The number of nitrogens with one attached hydrogen (secondary N) is 2. The summed E-state index contributed by atoms with van der Waals surface area (Å²) in [5, 5.41) is 4.10. The van der Waals surface area contributed by atoms with Crippen molar-refractivity contribution in [3.05, 3.63) is 65.7 Å². The minimum Gasteiger partial charge on any atom is -0.496 e. The van der Waals surface area contributed by atoms with Crippen LogP contribution in [0, 0.1) is 0 Å². The molecule has 2 aromatic rings. The van der Waals surface area contributed by atoms with Gasteiger partial charge in [0, 0.05) is 0 Å². The maximum atomic E-state index is 12.8. The van der Waals surface area contributed by atoms with Crippen molar-refractivity contribution in [1.29, 1.82) is 0 Å². The molecule has 0 aliphatic carbocycles. The molecule has 2 aromatic carbocycles. The van der Waals surface area contributed by atoms with E-state index in [2.05, 4.69) is 10.6 Å². The van der Waals surface area contributed by atoms with Crippen molar-refractivity contribution in [3.63, 3.8) is 0 Å². The van der Waals surface area contributed by atoms with Crippen molar-refractivity contribution < 1.29 is 19.1 Å². The standard InChI is InChI=1S/C19H18N2O4S/c1-25-15-10-6-5-9-13(15)17(22)20-14(11-12-7-3-2-4-8-12)16-18(23)21-19(24)26-16/h2-10,14,16H,11H2,1H3,(H,20,22)(H,21,23,24). The fourth-order valence-corrected chi connectivity index (χ4v) is 3.70. The molecule has 1 saturated heterocycles. The van der Waals surface area contributed by atoms with Gasteiger partial charge in [0.15, 0.2) is 0 Å². The summed E-state index contributed by atoms with van der Waals surface area (Å²) in [6.07, 6.45) is 0.431. The number of hydrogen-bond donors (Lipinski definition) is 2. The molecule has 1 fully saturated rings. The van der Waals surface area contributed by atoms with E-state index in [1.54, 1.807) is 24.3 Å². The zero-order chi connectivity index (χ0) is 18.5. The second-order valence-electron chi connectivity index (χ2n) is 5.79. The van der Waals surface area contributed by atoms with Crippen LogP contribution < -0.4 is 15.4 Å². The molecule has 26 heavy (non-hydrogen) atoms. The molecule has 2 N–H and O–H groups in total. The molecule has 0 spiro atoms. The Kier molecular flexibility index (Phi) is 5.58. The molecule has 6 nitrogen and oxygen atoms in total. The van der Waals surface area contributed by atoms with Gasteiger partial charge in [0.2, 0.25) is 5.91 Å². The van der Waals surface area contributed by atoms with E-state index < -0.39 is 16.5 Å². The molecular formula is C19H18N2O4S. The fraction of sp³-hybridized carbons (Fsp3) is 0.211. The van der Waals surface area contributed by atoms with Crippen LogP contribution in [0.5, 0.6) is 5.75 Å². The van der Waals surface area contributed by atoms with Gasteiger partial charge in [-0.2, -0.15) is 0 Å². The number of imide groups is 1. The van der Waals surface area contributed by atoms with Crippen LogP contribution in [0.3, 0.4) is 0 Å². The lowest BCUT2D eigenvalue weighted by atomic mass is 10.0. The lowest BCUT2D eigenvalue weighted by Gasteiger charge is -2.22. The molecule has 1 aliphatic rings. The lowest BCUT2D eigenvalue weighted by molar-refractivity contribution is -0.119. The van der Waals surface area contributed by atoms with Gasteiger partial charge in [0.25, 0.3) is 11.1 Å². The van der Waals surface area contributed by atoms with Gasteiger partial charge >= 0.3 is 0 Å². The largest absolute Gasteiger partial charge is 0.496 e. The van der Waals surface area contributed by atoms with Crippen molar-refractivity contribution in [2.45, 2.75) is 17.7 Å². The first kappa shape index (κ1) is 18.0. The van der Waals surface area contributed by atoms with E-state index >= 15 is 0 Å². The van der Waals surface area contributed by atoms with Gasteiger partial charge < -0.3 is 10.1 Å². The van der Waals surface area contributed by atoms with Crippen LogP contribution >= 0.6 is 11.8 Å². The molecule has 0 radical (unpaired) electrons. The summed E-state index contributed by atoms with van der Waals surface area (Å²) in [5.41, 5.74) is 1.34. The van der Waals surface area contributed by atoms with E-state index in [4.69, 9.17) is 4.74 Å². The average molecular weight is 370 g/mol. The molecule has 2 unspecified atom stereocenters. The number of methoxy groups -OCH3 is 1. The molecule has 3 rings (SSSR count). The van der Waals surface area contributed by atoms with E-state index in [-0.39, 0.29) is 11.8 Å². The van der Waals surface area contributed by atoms with E-state index in [1.807, 2.05) is 30.3 Å². The molecule has 2 atom stereocenters. The third-order valence-electron chi connectivity index (χ3n) is 4.05. The molecule has 0 aromatic heterocycles. The summed E-state index contributed by atoms with van der Waals surface area (Å²) < 4.78 is 5.23. The van der Waals surface area contributed by atoms with Gasteiger partial charge in [-0.1, -0.05) is 42.5 Å². The quantitative estimate of drug-likeness (QED) is 0.816. The third-order valence-corrected chi connectivity index (χ3v) is 5.16. The summed E-state index contributed by atoms with van der Waals surface area (Å²) in [4.78, 5) is 36.5. The number of amides is 3. The second kappa shape index (κ2) is 8.05. The van der Waals surface area contributed by atoms with Crippen LogP contribution in [-0.2, 0) is 11.2 Å². The summed E-state index contributed by atoms with van der Waals surface area (Å²) in [5.74, 6) is -0.291. The van der Waals surface area contributed by atoms with E-state index in [9.17, 15) is 14.4 Å².